The van der Waals surface area contributed by atoms with Gasteiger partial charge in [-0.15, -0.1) is 0 Å². The summed E-state index contributed by atoms with van der Waals surface area (Å²) in [6.45, 7) is 0. The molecule has 0 fully saturated rings. The van der Waals surface area contributed by atoms with Gasteiger partial charge in [-0.25, -0.2) is 0 Å². The summed E-state index contributed by atoms with van der Waals surface area (Å²) in [5.41, 5.74) is 0.0771. The van der Waals surface area contributed by atoms with Crippen LogP contribution in [0.25, 0.3) is 0 Å². The first-order valence-electron chi connectivity index (χ1n) is 3.42. The second-order valence-corrected chi connectivity index (χ2v) is 2.24. The van der Waals surface area contributed by atoms with Crippen molar-refractivity contribution in [2.45, 2.75) is 0 Å². The van der Waals surface area contributed by atoms with Crippen molar-refractivity contribution in [2.24, 2.45) is 0 Å². The Morgan fingerprint density at radius 2 is 2.08 bits per heavy atom. The largest absolute Gasteiger partial charge is 0.503 e. The highest BCUT2D eigenvalue weighted by atomic mass is 16.5. The zero-order chi connectivity index (χ0) is 9.84. The summed E-state index contributed by atoms with van der Waals surface area (Å²) < 4.78 is 4.72. The number of carbonyl (C=O) groups excluding carboxylic acids is 1. The molecule has 0 aliphatic rings. The number of hydrogen-bond donors (Lipinski definition) is 3. The van der Waals surface area contributed by atoms with Crippen molar-refractivity contribution in [3.05, 3.63) is 12.1 Å². The third-order valence-corrected chi connectivity index (χ3v) is 1.52. The molecule has 0 heterocycles. The summed E-state index contributed by atoms with van der Waals surface area (Å²) >= 11 is 0. The normalized spacial score (nSPS) is 9.31. The Morgan fingerprint density at radius 1 is 1.38 bits per heavy atom. The quantitative estimate of drug-likeness (QED) is 0.472. The van der Waals surface area contributed by atoms with E-state index in [9.17, 15) is 15.0 Å². The van der Waals surface area contributed by atoms with Crippen LogP contribution in [0.4, 0.5) is 5.69 Å². The number of ether oxygens (including phenoxy) is 1. The molecule has 0 unspecified atom stereocenters. The van der Waals surface area contributed by atoms with Gasteiger partial charge in [0.25, 0.3) is 0 Å². The number of amides is 1. The fraction of sp³-hybridized carbons (Fsp3) is 0.125. The maximum absolute atomic E-state index is 9.93. The maximum atomic E-state index is 9.93. The highest BCUT2D eigenvalue weighted by Crippen LogP contribution is 2.40. The van der Waals surface area contributed by atoms with E-state index in [4.69, 9.17) is 4.74 Å². The van der Waals surface area contributed by atoms with Crippen molar-refractivity contribution in [3.8, 4) is 17.2 Å². The van der Waals surface area contributed by atoms with Gasteiger partial charge in [0, 0.05) is 0 Å². The third-order valence-electron chi connectivity index (χ3n) is 1.52. The van der Waals surface area contributed by atoms with Crippen LogP contribution in [-0.2, 0) is 4.79 Å². The predicted octanol–water partition coefficient (Wildman–Crippen LogP) is 0.585. The molecular formula is C8H8NO4. The summed E-state index contributed by atoms with van der Waals surface area (Å²) in [4.78, 5) is 9.93. The monoisotopic (exact) mass is 182 g/mol. The average molecular weight is 182 g/mol. The lowest BCUT2D eigenvalue weighted by Crippen LogP contribution is -1.94. The SMILES string of the molecule is COc1ccc(N[C]=O)c(O)c1O. The van der Waals surface area contributed by atoms with Gasteiger partial charge in [-0.1, -0.05) is 0 Å². The molecule has 0 spiro atoms. The number of methoxy groups -OCH3 is 1. The Morgan fingerprint density at radius 3 is 2.62 bits per heavy atom. The summed E-state index contributed by atoms with van der Waals surface area (Å²) in [6.07, 6.45) is 1.38. The van der Waals surface area contributed by atoms with Crippen LogP contribution in [0.1, 0.15) is 0 Å². The summed E-state index contributed by atoms with van der Waals surface area (Å²) in [5, 5.41) is 20.6. The molecule has 69 valence electrons. The minimum atomic E-state index is -0.442. The Hall–Kier alpha value is -1.91. The van der Waals surface area contributed by atoms with Gasteiger partial charge in [-0.05, 0) is 12.1 Å². The van der Waals surface area contributed by atoms with Crippen molar-refractivity contribution in [2.75, 3.05) is 12.4 Å². The fourth-order valence-electron chi connectivity index (χ4n) is 0.882. The lowest BCUT2D eigenvalue weighted by Gasteiger charge is -2.07. The average Bonchev–Trinajstić information content (AvgIpc) is 2.14. The first-order valence-corrected chi connectivity index (χ1v) is 3.42. The van der Waals surface area contributed by atoms with E-state index in [0.29, 0.717) is 0 Å². The van der Waals surface area contributed by atoms with E-state index in [1.54, 1.807) is 0 Å². The Labute approximate surface area is 74.6 Å². The molecular weight excluding hydrogens is 174 g/mol. The number of phenols is 2. The number of aromatic hydroxyl groups is 2. The maximum Gasteiger partial charge on any atom is 0.314 e. The lowest BCUT2D eigenvalue weighted by molar-refractivity contribution is 0.352. The first-order chi connectivity index (χ1) is 6.20. The van der Waals surface area contributed by atoms with E-state index in [-0.39, 0.29) is 11.4 Å². The highest BCUT2D eigenvalue weighted by molar-refractivity contribution is 5.78. The Balaban J connectivity index is 3.14. The summed E-state index contributed by atoms with van der Waals surface area (Å²) in [6, 6.07) is 2.80. The van der Waals surface area contributed by atoms with Crippen molar-refractivity contribution in [1.82, 2.24) is 0 Å². The molecule has 0 aromatic heterocycles. The van der Waals surface area contributed by atoms with Gasteiger partial charge in [0.05, 0.1) is 12.8 Å². The number of hydrogen-bond acceptors (Lipinski definition) is 4. The molecule has 13 heavy (non-hydrogen) atoms. The van der Waals surface area contributed by atoms with Crippen LogP contribution < -0.4 is 10.1 Å². The Kier molecular flexibility index (Phi) is 2.59. The van der Waals surface area contributed by atoms with Crippen LogP contribution in [0.2, 0.25) is 0 Å². The zero-order valence-electron chi connectivity index (χ0n) is 6.87. The van der Waals surface area contributed by atoms with E-state index in [0.717, 1.165) is 0 Å². The van der Waals surface area contributed by atoms with E-state index in [1.807, 2.05) is 0 Å². The summed E-state index contributed by atoms with van der Waals surface area (Å²) in [7, 11) is 1.35. The number of nitrogens with one attached hydrogen (secondary N) is 1. The lowest BCUT2D eigenvalue weighted by atomic mass is 10.2. The molecule has 0 saturated heterocycles. The van der Waals surface area contributed by atoms with E-state index in [1.165, 1.54) is 25.7 Å². The molecule has 1 radical (unpaired) electrons. The van der Waals surface area contributed by atoms with Crippen LogP contribution >= 0.6 is 0 Å². The van der Waals surface area contributed by atoms with Crippen LogP contribution in [0.15, 0.2) is 12.1 Å². The predicted molar refractivity (Wildman–Crippen MR) is 45.6 cm³/mol. The van der Waals surface area contributed by atoms with Crippen LogP contribution in [0, 0.1) is 0 Å². The van der Waals surface area contributed by atoms with Crippen LogP contribution in [0.3, 0.4) is 0 Å². The molecule has 0 atom stereocenters. The van der Waals surface area contributed by atoms with Crippen molar-refractivity contribution in [1.29, 1.82) is 0 Å². The van der Waals surface area contributed by atoms with Gasteiger partial charge in [0.1, 0.15) is 0 Å². The number of benzene rings is 1. The van der Waals surface area contributed by atoms with Gasteiger partial charge in [0.2, 0.25) is 5.75 Å². The van der Waals surface area contributed by atoms with E-state index in [2.05, 4.69) is 5.32 Å². The fourth-order valence-corrected chi connectivity index (χ4v) is 0.882. The summed E-state index contributed by atoms with van der Waals surface area (Å²) in [5.74, 6) is -0.723. The Bertz CT molecular complexity index is 324. The van der Waals surface area contributed by atoms with Gasteiger partial charge < -0.3 is 20.3 Å². The standard InChI is InChI=1S/C8H8NO4/c1-13-6-3-2-5(9-4-10)7(11)8(6)12/h2-3,11-12H,1H3,(H,9,10). The van der Waals surface area contributed by atoms with Crippen LogP contribution in [-0.4, -0.2) is 23.7 Å². The second kappa shape index (κ2) is 3.66. The number of anilines is 1. The number of phenolic OH excluding ortho intramolecular Hbond substituents is 2. The molecule has 3 N–H and O–H groups in total. The molecule has 1 amide bonds. The van der Waals surface area contributed by atoms with Crippen molar-refractivity contribution in [3.63, 3.8) is 0 Å². The molecule has 0 bridgehead atoms. The molecule has 1 aromatic carbocycles. The third kappa shape index (κ3) is 1.64. The minimum absolute atomic E-state index is 0.0771. The van der Waals surface area contributed by atoms with E-state index < -0.39 is 11.5 Å². The minimum Gasteiger partial charge on any atom is -0.503 e. The molecule has 5 heteroatoms. The van der Waals surface area contributed by atoms with Gasteiger partial charge in [-0.3, -0.25) is 4.79 Å². The molecule has 0 saturated carbocycles. The van der Waals surface area contributed by atoms with Crippen molar-refractivity contribution >= 4 is 12.1 Å². The second-order valence-electron chi connectivity index (χ2n) is 2.24. The molecule has 1 rings (SSSR count). The zero-order valence-corrected chi connectivity index (χ0v) is 6.87. The topological polar surface area (TPSA) is 78.8 Å². The smallest absolute Gasteiger partial charge is 0.314 e. The van der Waals surface area contributed by atoms with Crippen LogP contribution in [0.5, 0.6) is 17.2 Å². The van der Waals surface area contributed by atoms with Crippen molar-refractivity contribution < 1.29 is 19.7 Å². The molecule has 1 aromatic rings. The molecule has 5 nitrogen and oxygen atoms in total. The van der Waals surface area contributed by atoms with Gasteiger partial charge >= 0.3 is 6.41 Å². The van der Waals surface area contributed by atoms with E-state index >= 15 is 0 Å². The molecule has 0 aliphatic heterocycles. The first kappa shape index (κ1) is 9.18. The van der Waals surface area contributed by atoms with Gasteiger partial charge in [0.15, 0.2) is 11.5 Å². The van der Waals surface area contributed by atoms with Gasteiger partial charge in [-0.2, -0.15) is 0 Å². The highest BCUT2D eigenvalue weighted by Gasteiger charge is 2.11. The number of rotatable bonds is 3. The molecule has 0 aliphatic carbocycles.